The van der Waals surface area contributed by atoms with Gasteiger partial charge in [-0.1, -0.05) is 18.7 Å². The predicted octanol–water partition coefficient (Wildman–Crippen LogP) is 2.30. The first-order chi connectivity index (χ1) is 8.78. The molecule has 1 aliphatic carbocycles. The highest BCUT2D eigenvalue weighted by Gasteiger charge is 2.33. The van der Waals surface area contributed by atoms with Crippen LogP contribution in [0.15, 0.2) is 10.7 Å². The lowest BCUT2D eigenvalue weighted by molar-refractivity contribution is 0.144. The fourth-order valence-corrected chi connectivity index (χ4v) is 3.50. The second kappa shape index (κ2) is 6.84. The number of aliphatic hydroxyl groups is 1. The number of nitrogens with one attached hydrogen (secondary N) is 1. The van der Waals surface area contributed by atoms with Gasteiger partial charge in [-0.3, -0.25) is 0 Å². The highest BCUT2D eigenvalue weighted by atomic mass is 32.2. The van der Waals surface area contributed by atoms with Gasteiger partial charge in [-0.25, -0.2) is 4.98 Å². The van der Waals surface area contributed by atoms with Gasteiger partial charge >= 0.3 is 0 Å². The van der Waals surface area contributed by atoms with Gasteiger partial charge in [0, 0.05) is 17.3 Å². The van der Waals surface area contributed by atoms with Crippen LogP contribution >= 0.6 is 23.3 Å². The van der Waals surface area contributed by atoms with E-state index in [0.717, 1.165) is 29.4 Å². The van der Waals surface area contributed by atoms with E-state index in [2.05, 4.69) is 21.6 Å². The van der Waals surface area contributed by atoms with Crippen LogP contribution in [-0.2, 0) is 0 Å². The SMILES string of the molecule is CCC(CO)(CCCSc1ncns1)NC1CC1. The van der Waals surface area contributed by atoms with E-state index in [-0.39, 0.29) is 12.1 Å². The molecule has 1 atom stereocenters. The first kappa shape index (κ1) is 14.2. The molecule has 1 fully saturated rings. The van der Waals surface area contributed by atoms with E-state index in [1.54, 1.807) is 18.1 Å². The zero-order valence-electron chi connectivity index (χ0n) is 10.8. The number of nitrogens with zero attached hydrogens (tertiary/aromatic N) is 2. The van der Waals surface area contributed by atoms with Crippen molar-refractivity contribution >= 4 is 23.3 Å². The van der Waals surface area contributed by atoms with Gasteiger partial charge in [-0.05, 0) is 43.6 Å². The van der Waals surface area contributed by atoms with Crippen molar-refractivity contribution in [1.82, 2.24) is 14.7 Å². The Labute approximate surface area is 117 Å². The summed E-state index contributed by atoms with van der Waals surface area (Å²) in [5, 5.41) is 13.3. The first-order valence-electron chi connectivity index (χ1n) is 6.56. The zero-order valence-corrected chi connectivity index (χ0v) is 12.4. The minimum atomic E-state index is -0.0666. The van der Waals surface area contributed by atoms with Crippen LogP contribution in [0.5, 0.6) is 0 Å². The highest BCUT2D eigenvalue weighted by Crippen LogP contribution is 2.28. The molecule has 0 bridgehead atoms. The van der Waals surface area contributed by atoms with Crippen molar-refractivity contribution in [2.75, 3.05) is 12.4 Å². The molecule has 6 heteroatoms. The largest absolute Gasteiger partial charge is 0.394 e. The zero-order chi connectivity index (χ0) is 12.8. The third kappa shape index (κ3) is 4.19. The molecule has 18 heavy (non-hydrogen) atoms. The van der Waals surface area contributed by atoms with Crippen molar-refractivity contribution < 1.29 is 5.11 Å². The van der Waals surface area contributed by atoms with E-state index >= 15 is 0 Å². The number of hydrogen-bond acceptors (Lipinski definition) is 6. The number of rotatable bonds is 9. The summed E-state index contributed by atoms with van der Waals surface area (Å²) in [5.74, 6) is 1.04. The molecule has 2 N–H and O–H groups in total. The van der Waals surface area contributed by atoms with E-state index in [1.165, 1.54) is 24.4 Å². The third-order valence-electron chi connectivity index (χ3n) is 3.43. The smallest absolute Gasteiger partial charge is 0.169 e. The lowest BCUT2D eigenvalue weighted by Gasteiger charge is -2.32. The van der Waals surface area contributed by atoms with Gasteiger partial charge < -0.3 is 10.4 Å². The lowest BCUT2D eigenvalue weighted by Crippen LogP contribution is -2.49. The summed E-state index contributed by atoms with van der Waals surface area (Å²) in [5.41, 5.74) is -0.0666. The molecule has 0 aromatic carbocycles. The predicted molar refractivity (Wildman–Crippen MR) is 76.1 cm³/mol. The number of thioether (sulfide) groups is 1. The van der Waals surface area contributed by atoms with Crippen LogP contribution in [0, 0.1) is 0 Å². The highest BCUT2D eigenvalue weighted by molar-refractivity contribution is 8.00. The van der Waals surface area contributed by atoms with Crippen molar-refractivity contribution in [2.24, 2.45) is 0 Å². The summed E-state index contributed by atoms with van der Waals surface area (Å²) in [6.07, 6.45) is 7.25. The molecule has 0 aliphatic heterocycles. The maximum Gasteiger partial charge on any atom is 0.169 e. The molecule has 0 spiro atoms. The number of aliphatic hydroxyl groups excluding tert-OH is 1. The van der Waals surface area contributed by atoms with Crippen LogP contribution in [0.3, 0.4) is 0 Å². The van der Waals surface area contributed by atoms with Crippen molar-refractivity contribution in [3.63, 3.8) is 0 Å². The minimum absolute atomic E-state index is 0.0666. The van der Waals surface area contributed by atoms with E-state index in [9.17, 15) is 5.11 Å². The molecule has 1 aromatic heterocycles. The van der Waals surface area contributed by atoms with E-state index < -0.39 is 0 Å². The fourth-order valence-electron chi connectivity index (χ4n) is 2.04. The Bertz CT molecular complexity index is 337. The summed E-state index contributed by atoms with van der Waals surface area (Å²) in [6, 6.07) is 0.646. The first-order valence-corrected chi connectivity index (χ1v) is 8.32. The topological polar surface area (TPSA) is 58.0 Å². The second-order valence-electron chi connectivity index (χ2n) is 4.87. The lowest BCUT2D eigenvalue weighted by atomic mass is 9.91. The van der Waals surface area contributed by atoms with Crippen molar-refractivity contribution in [2.45, 2.75) is 54.9 Å². The van der Waals surface area contributed by atoms with Crippen LogP contribution in [0.4, 0.5) is 0 Å². The van der Waals surface area contributed by atoms with Gasteiger partial charge in [0.15, 0.2) is 4.34 Å². The molecular weight excluding hydrogens is 266 g/mol. The van der Waals surface area contributed by atoms with Gasteiger partial charge in [0.05, 0.1) is 6.61 Å². The summed E-state index contributed by atoms with van der Waals surface area (Å²) in [6.45, 7) is 2.40. The molecule has 2 rings (SSSR count). The normalized spacial score (nSPS) is 18.8. The average molecular weight is 287 g/mol. The van der Waals surface area contributed by atoms with Crippen LogP contribution < -0.4 is 5.32 Å². The van der Waals surface area contributed by atoms with E-state index in [0.29, 0.717) is 6.04 Å². The van der Waals surface area contributed by atoms with E-state index in [4.69, 9.17) is 0 Å². The number of aromatic nitrogens is 2. The Morgan fingerprint density at radius 1 is 1.61 bits per heavy atom. The Balaban J connectivity index is 1.71. The van der Waals surface area contributed by atoms with Gasteiger partial charge in [-0.15, -0.1) is 0 Å². The van der Waals surface area contributed by atoms with Gasteiger partial charge in [0.2, 0.25) is 0 Å². The third-order valence-corrected chi connectivity index (χ3v) is 5.32. The fraction of sp³-hybridized carbons (Fsp3) is 0.833. The molecule has 1 aliphatic rings. The summed E-state index contributed by atoms with van der Waals surface area (Å²) < 4.78 is 5.03. The second-order valence-corrected chi connectivity index (χ2v) is 6.99. The number of hydrogen-bond donors (Lipinski definition) is 2. The van der Waals surface area contributed by atoms with Crippen molar-refractivity contribution in [1.29, 1.82) is 0 Å². The van der Waals surface area contributed by atoms with Crippen LogP contribution in [-0.4, -0.2) is 38.4 Å². The van der Waals surface area contributed by atoms with Gasteiger partial charge in [0.1, 0.15) is 6.33 Å². The van der Waals surface area contributed by atoms with Gasteiger partial charge in [0.25, 0.3) is 0 Å². The summed E-state index contributed by atoms with van der Waals surface area (Å²) in [7, 11) is 0. The van der Waals surface area contributed by atoms with Crippen molar-refractivity contribution in [3.8, 4) is 0 Å². The quantitative estimate of drug-likeness (QED) is 0.539. The van der Waals surface area contributed by atoms with Crippen molar-refractivity contribution in [3.05, 3.63) is 6.33 Å². The maximum atomic E-state index is 9.65. The molecule has 1 heterocycles. The average Bonchev–Trinajstić information content (AvgIpc) is 3.05. The molecule has 1 saturated carbocycles. The Morgan fingerprint density at radius 2 is 2.44 bits per heavy atom. The Hall–Kier alpha value is -0.170. The molecule has 0 amide bonds. The summed E-state index contributed by atoms with van der Waals surface area (Å²) in [4.78, 5) is 4.15. The Morgan fingerprint density at radius 3 is 3.00 bits per heavy atom. The molecule has 102 valence electrons. The van der Waals surface area contributed by atoms with E-state index in [1.807, 2.05) is 0 Å². The molecular formula is C12H21N3OS2. The van der Waals surface area contributed by atoms with Gasteiger partial charge in [-0.2, -0.15) is 4.37 Å². The van der Waals surface area contributed by atoms with Crippen LogP contribution in [0.2, 0.25) is 0 Å². The maximum absolute atomic E-state index is 9.65. The summed E-state index contributed by atoms with van der Waals surface area (Å²) >= 11 is 3.21. The van der Waals surface area contributed by atoms with Crippen LogP contribution in [0.25, 0.3) is 0 Å². The monoisotopic (exact) mass is 287 g/mol. The van der Waals surface area contributed by atoms with Crippen LogP contribution in [0.1, 0.15) is 39.0 Å². The Kier molecular flexibility index (Phi) is 5.41. The molecule has 1 unspecified atom stereocenters. The standard InChI is InChI=1S/C12H21N3OS2/c1-2-12(8-16,15-10-4-5-10)6-3-7-17-11-13-9-14-18-11/h9-10,15-16H,2-8H2,1H3. The molecule has 0 saturated heterocycles. The minimum Gasteiger partial charge on any atom is -0.394 e. The molecule has 4 nitrogen and oxygen atoms in total. The molecule has 1 aromatic rings. The molecule has 0 radical (unpaired) electrons.